The molecule has 39 heavy (non-hydrogen) atoms. The van der Waals surface area contributed by atoms with Crippen molar-refractivity contribution in [2.75, 3.05) is 0 Å². The van der Waals surface area contributed by atoms with Gasteiger partial charge in [-0.3, -0.25) is 4.79 Å². The molecule has 3 nitrogen and oxygen atoms in total. The number of hydrogen-bond acceptors (Lipinski definition) is 2. The molecule has 3 aromatic rings. The van der Waals surface area contributed by atoms with Gasteiger partial charge in [-0.05, 0) is 35.4 Å². The van der Waals surface area contributed by atoms with Crippen LogP contribution in [0, 0.1) is 17.6 Å². The number of benzene rings is 3. The van der Waals surface area contributed by atoms with Crippen LogP contribution in [0.5, 0.6) is 5.75 Å². The molecule has 0 aromatic heterocycles. The number of amides is 1. The molecule has 0 saturated carbocycles. The molecule has 0 fully saturated rings. The van der Waals surface area contributed by atoms with Crippen LogP contribution in [0.2, 0.25) is 0 Å². The van der Waals surface area contributed by atoms with E-state index >= 15 is 4.39 Å². The third-order valence-electron chi connectivity index (χ3n) is 5.96. The molecule has 3 aromatic carbocycles. The van der Waals surface area contributed by atoms with Crippen LogP contribution in [0.4, 0.5) is 39.5 Å². The molecule has 0 bridgehead atoms. The topological polar surface area (TPSA) is 38.3 Å². The van der Waals surface area contributed by atoms with Crippen LogP contribution in [0.3, 0.4) is 0 Å². The highest BCUT2D eigenvalue weighted by atomic mass is 19.4. The predicted octanol–water partition coefficient (Wildman–Crippen LogP) is 7.39. The van der Waals surface area contributed by atoms with E-state index in [1.165, 1.54) is 12.1 Å². The van der Waals surface area contributed by atoms with Gasteiger partial charge < -0.3 is 10.1 Å². The molecule has 0 heterocycles. The van der Waals surface area contributed by atoms with E-state index in [-0.39, 0.29) is 12.0 Å². The first-order chi connectivity index (χ1) is 18.1. The van der Waals surface area contributed by atoms with Crippen molar-refractivity contribution in [1.82, 2.24) is 5.32 Å². The summed E-state index contributed by atoms with van der Waals surface area (Å²) in [5.41, 5.74) is -1.88. The molecule has 1 N–H and O–H groups in total. The summed E-state index contributed by atoms with van der Waals surface area (Å²) in [6, 6.07) is 14.4. The van der Waals surface area contributed by atoms with Crippen LogP contribution in [-0.4, -0.2) is 24.6 Å². The highest BCUT2D eigenvalue weighted by Gasteiger charge is 2.45. The lowest BCUT2D eigenvalue weighted by molar-refractivity contribution is -0.253. The van der Waals surface area contributed by atoms with Gasteiger partial charge in [0.25, 0.3) is 0 Å². The monoisotopic (exact) mass is 563 g/mol. The van der Waals surface area contributed by atoms with Crippen LogP contribution in [0.15, 0.2) is 72.8 Å². The first-order valence-electron chi connectivity index (χ1n) is 11.5. The van der Waals surface area contributed by atoms with Crippen molar-refractivity contribution >= 4 is 5.91 Å². The largest absolute Gasteiger partial charge is 0.461 e. The Bertz CT molecular complexity index is 1260. The number of alkyl halides is 7. The van der Waals surface area contributed by atoms with Gasteiger partial charge in [-0.2, -0.15) is 30.7 Å². The van der Waals surface area contributed by atoms with E-state index < -0.39 is 65.4 Å². The van der Waals surface area contributed by atoms with Gasteiger partial charge in [-0.25, -0.2) is 8.78 Å². The number of ether oxygens (including phenoxy) is 1. The van der Waals surface area contributed by atoms with Crippen molar-refractivity contribution in [2.24, 2.45) is 5.92 Å². The molecule has 0 aliphatic rings. The minimum Gasteiger partial charge on any atom is -0.428 e. The normalized spacial score (nSPS) is 14.5. The van der Waals surface area contributed by atoms with Crippen molar-refractivity contribution < 1.29 is 49.0 Å². The number of nitrogens with one attached hydrogen (secondary N) is 1. The molecule has 0 saturated heterocycles. The van der Waals surface area contributed by atoms with Crippen LogP contribution in [-0.2, 0) is 16.8 Å². The number of rotatable bonds is 10. The van der Waals surface area contributed by atoms with Crippen LogP contribution in [0.25, 0.3) is 0 Å². The Morgan fingerprint density at radius 2 is 1.51 bits per heavy atom. The minimum atomic E-state index is -4.94. The second kappa shape index (κ2) is 11.6. The summed E-state index contributed by atoms with van der Waals surface area (Å²) in [5, 5.41) is 2.45. The molecule has 3 rings (SSSR count). The molecule has 0 aliphatic carbocycles. The second-order valence-electron chi connectivity index (χ2n) is 8.88. The van der Waals surface area contributed by atoms with Gasteiger partial charge in [-0.15, -0.1) is 0 Å². The van der Waals surface area contributed by atoms with Crippen LogP contribution < -0.4 is 10.1 Å². The summed E-state index contributed by atoms with van der Waals surface area (Å²) in [6.07, 6.45) is -15.2. The smallest absolute Gasteiger partial charge is 0.428 e. The summed E-state index contributed by atoms with van der Waals surface area (Å²) in [6.45, 7) is 0.784. The maximum atomic E-state index is 15.6. The van der Waals surface area contributed by atoms with Crippen molar-refractivity contribution in [3.05, 3.63) is 101 Å². The zero-order valence-corrected chi connectivity index (χ0v) is 20.2. The number of carbonyl (C=O) groups is 1. The Morgan fingerprint density at radius 3 is 2.05 bits per heavy atom. The van der Waals surface area contributed by atoms with Gasteiger partial charge in [0.05, 0.1) is 11.5 Å². The van der Waals surface area contributed by atoms with Gasteiger partial charge in [0.2, 0.25) is 5.91 Å². The lowest BCUT2D eigenvalue weighted by atomic mass is 9.77. The first-order valence-corrected chi connectivity index (χ1v) is 11.5. The summed E-state index contributed by atoms with van der Waals surface area (Å²) in [4.78, 5) is 12.9. The molecule has 2 atom stereocenters. The Hall–Kier alpha value is -3.70. The first kappa shape index (κ1) is 29.9. The Labute approximate surface area is 217 Å². The van der Waals surface area contributed by atoms with E-state index in [2.05, 4.69) is 10.1 Å². The molecule has 1 unspecified atom stereocenters. The maximum Gasteiger partial charge on any atom is 0.461 e. The van der Waals surface area contributed by atoms with Gasteiger partial charge in [0, 0.05) is 24.5 Å². The second-order valence-corrected chi connectivity index (χ2v) is 8.88. The van der Waals surface area contributed by atoms with E-state index in [1.54, 1.807) is 30.3 Å². The molecule has 0 aliphatic heterocycles. The fourth-order valence-electron chi connectivity index (χ4n) is 3.96. The van der Waals surface area contributed by atoms with E-state index in [0.29, 0.717) is 11.6 Å². The van der Waals surface area contributed by atoms with Crippen LogP contribution in [0.1, 0.15) is 30.0 Å². The maximum absolute atomic E-state index is 15.6. The molecule has 210 valence electrons. The molecular formula is C27H22F9NO2. The summed E-state index contributed by atoms with van der Waals surface area (Å²) < 4.78 is 125. The summed E-state index contributed by atoms with van der Waals surface area (Å²) in [7, 11) is 0. The average Bonchev–Trinajstić information content (AvgIpc) is 2.83. The third-order valence-corrected chi connectivity index (χ3v) is 5.96. The van der Waals surface area contributed by atoms with E-state index in [9.17, 15) is 39.9 Å². The molecular weight excluding hydrogens is 541 g/mol. The van der Waals surface area contributed by atoms with Gasteiger partial charge in [-0.1, -0.05) is 49.4 Å². The highest BCUT2D eigenvalue weighted by Crippen LogP contribution is 2.38. The SMILES string of the molecule is CC(CC(=O)N[C@](Cc1ccccc1)(c1ccc(F)cc1)c1ccc(OC(F)(F)C(F)F)cc1F)C(F)(F)F. The van der Waals surface area contributed by atoms with Crippen LogP contribution >= 0.6 is 0 Å². The van der Waals surface area contributed by atoms with Gasteiger partial charge in [0.15, 0.2) is 0 Å². The molecule has 1 amide bonds. The zero-order valence-electron chi connectivity index (χ0n) is 20.2. The predicted molar refractivity (Wildman–Crippen MR) is 123 cm³/mol. The van der Waals surface area contributed by atoms with E-state index in [4.69, 9.17) is 0 Å². The van der Waals surface area contributed by atoms with Gasteiger partial charge >= 0.3 is 18.7 Å². The fourth-order valence-corrected chi connectivity index (χ4v) is 3.96. The Morgan fingerprint density at radius 1 is 0.897 bits per heavy atom. The molecule has 0 spiro atoms. The third kappa shape index (κ3) is 7.24. The summed E-state index contributed by atoms with van der Waals surface area (Å²) >= 11 is 0. The minimum absolute atomic E-state index is 0.0474. The Balaban J connectivity index is 2.18. The van der Waals surface area contributed by atoms with E-state index in [1.807, 2.05) is 0 Å². The molecule has 12 heteroatoms. The number of carbonyl (C=O) groups excluding carboxylic acids is 1. The molecule has 0 radical (unpaired) electrons. The standard InChI is InChI=1S/C27H22F9NO2/c1-16(26(32,33)34)13-23(38)37-25(15-17-5-3-2-4-6-17,18-7-9-19(28)10-8-18)21-12-11-20(14-22(21)29)39-27(35,36)24(30)31/h2-12,14,16,24H,13,15H2,1H3,(H,37,38)/t16?,25-/m1/s1. The van der Waals surface area contributed by atoms with Crippen molar-refractivity contribution in [2.45, 2.75) is 44.0 Å². The zero-order chi connectivity index (χ0) is 29.0. The van der Waals surface area contributed by atoms with Crippen molar-refractivity contribution in [3.63, 3.8) is 0 Å². The Kier molecular flexibility index (Phi) is 8.87. The number of halogens is 9. The van der Waals surface area contributed by atoms with E-state index in [0.717, 1.165) is 31.2 Å². The lowest BCUT2D eigenvalue weighted by Crippen LogP contribution is -2.50. The fraction of sp³-hybridized carbons (Fsp3) is 0.296. The number of hydrogen-bond donors (Lipinski definition) is 1. The highest BCUT2D eigenvalue weighted by molar-refractivity contribution is 5.78. The quantitative estimate of drug-likeness (QED) is 0.261. The summed E-state index contributed by atoms with van der Waals surface area (Å²) in [5.74, 6) is -6.18. The van der Waals surface area contributed by atoms with Crippen molar-refractivity contribution in [3.8, 4) is 5.75 Å². The average molecular weight is 563 g/mol. The van der Waals surface area contributed by atoms with Gasteiger partial charge in [0.1, 0.15) is 17.4 Å². The van der Waals surface area contributed by atoms with Crippen molar-refractivity contribution in [1.29, 1.82) is 0 Å². The lowest BCUT2D eigenvalue weighted by Gasteiger charge is -2.37.